The lowest BCUT2D eigenvalue weighted by molar-refractivity contribution is -0.595. The topological polar surface area (TPSA) is 86.4 Å². The van der Waals surface area contributed by atoms with E-state index in [1.807, 2.05) is 55.3 Å². The molecule has 1 aromatic carbocycles. The molecule has 2 aromatic rings. The molecule has 1 fully saturated rings. The van der Waals surface area contributed by atoms with Crippen LogP contribution in [0.25, 0.3) is 0 Å². The molecular formula is C23H30ClN4O3+. The largest absolute Gasteiger partial charge is 0.495 e. The molecule has 0 bridgehead atoms. The number of amides is 1. The van der Waals surface area contributed by atoms with Gasteiger partial charge in [-0.2, -0.15) is 0 Å². The fourth-order valence-electron chi connectivity index (χ4n) is 3.53. The highest BCUT2D eigenvalue weighted by Crippen LogP contribution is 2.29. The molecule has 1 aromatic heterocycles. The SMILES string of the molecule is COc1cc(N2CCN(C(=O)C[NH2+]C(C)=C(C)C(=N)c3ccc(C)o3)CC2)ccc1Cl. The number of benzene rings is 1. The van der Waals surface area contributed by atoms with E-state index in [2.05, 4.69) is 4.90 Å². The number of carbonyl (C=O) groups is 1. The Bertz CT molecular complexity index is 990. The molecule has 31 heavy (non-hydrogen) atoms. The van der Waals surface area contributed by atoms with Gasteiger partial charge in [0.25, 0.3) is 5.91 Å². The highest BCUT2D eigenvalue weighted by Gasteiger charge is 2.23. The molecule has 1 aliphatic heterocycles. The predicted molar refractivity (Wildman–Crippen MR) is 122 cm³/mol. The maximum Gasteiger partial charge on any atom is 0.278 e. The lowest BCUT2D eigenvalue weighted by atomic mass is 10.1. The Hall–Kier alpha value is -2.77. The third-order valence-electron chi connectivity index (χ3n) is 5.67. The normalized spacial score (nSPS) is 15.0. The number of rotatable bonds is 7. The van der Waals surface area contributed by atoms with E-state index in [-0.39, 0.29) is 5.91 Å². The number of aryl methyl sites for hydroxylation is 1. The highest BCUT2D eigenvalue weighted by molar-refractivity contribution is 6.32. The first-order valence-electron chi connectivity index (χ1n) is 10.3. The number of ether oxygens (including phenoxy) is 1. The van der Waals surface area contributed by atoms with Crippen molar-refractivity contribution < 1.29 is 19.3 Å². The second kappa shape index (κ2) is 10.0. The average Bonchev–Trinajstić information content (AvgIpc) is 3.22. The minimum atomic E-state index is 0.0980. The number of carbonyl (C=O) groups excluding carboxylic acids is 1. The number of nitrogens with two attached hydrogens (primary N) is 1. The van der Waals surface area contributed by atoms with Crippen LogP contribution in [0, 0.1) is 12.3 Å². The molecule has 7 nitrogen and oxygen atoms in total. The van der Waals surface area contributed by atoms with E-state index in [0.29, 0.717) is 41.9 Å². The highest BCUT2D eigenvalue weighted by atomic mass is 35.5. The zero-order valence-electron chi connectivity index (χ0n) is 18.5. The molecular weight excluding hydrogens is 416 g/mol. The van der Waals surface area contributed by atoms with Gasteiger partial charge in [0, 0.05) is 50.4 Å². The second-order valence-corrected chi connectivity index (χ2v) is 8.10. The van der Waals surface area contributed by atoms with Gasteiger partial charge in [-0.05, 0) is 38.1 Å². The van der Waals surface area contributed by atoms with Crippen LogP contribution >= 0.6 is 11.6 Å². The van der Waals surface area contributed by atoms with Crippen LogP contribution in [0.1, 0.15) is 25.4 Å². The Labute approximate surface area is 188 Å². The summed E-state index contributed by atoms with van der Waals surface area (Å²) in [5.74, 6) is 2.07. The number of halogens is 1. The third-order valence-corrected chi connectivity index (χ3v) is 5.98. The number of quaternary nitrogens is 1. The zero-order valence-corrected chi connectivity index (χ0v) is 19.3. The van der Waals surface area contributed by atoms with Crippen molar-refractivity contribution in [3.8, 4) is 5.75 Å². The van der Waals surface area contributed by atoms with Gasteiger partial charge in [0.1, 0.15) is 22.9 Å². The van der Waals surface area contributed by atoms with Crippen LogP contribution in [-0.4, -0.2) is 56.4 Å². The van der Waals surface area contributed by atoms with Crippen molar-refractivity contribution in [3.05, 3.63) is 58.1 Å². The Morgan fingerprint density at radius 1 is 1.19 bits per heavy atom. The zero-order chi connectivity index (χ0) is 22.5. The van der Waals surface area contributed by atoms with E-state index in [4.69, 9.17) is 26.2 Å². The molecule has 0 aliphatic carbocycles. The number of allylic oxidation sites excluding steroid dienone is 2. The fraction of sp³-hybridized carbons (Fsp3) is 0.391. The van der Waals surface area contributed by atoms with Crippen LogP contribution in [0.4, 0.5) is 5.69 Å². The summed E-state index contributed by atoms with van der Waals surface area (Å²) in [5.41, 5.74) is 3.12. The lowest BCUT2D eigenvalue weighted by Gasteiger charge is -2.36. The summed E-state index contributed by atoms with van der Waals surface area (Å²) in [5, 5.41) is 10.8. The molecule has 0 saturated carbocycles. The van der Waals surface area contributed by atoms with Crippen molar-refractivity contribution >= 4 is 28.9 Å². The maximum atomic E-state index is 12.7. The van der Waals surface area contributed by atoms with Gasteiger partial charge in [0.05, 0.1) is 12.1 Å². The number of anilines is 1. The number of furan rings is 1. The van der Waals surface area contributed by atoms with E-state index in [0.717, 1.165) is 35.8 Å². The summed E-state index contributed by atoms with van der Waals surface area (Å²) in [4.78, 5) is 16.8. The van der Waals surface area contributed by atoms with Gasteiger partial charge in [-0.25, -0.2) is 0 Å². The van der Waals surface area contributed by atoms with Gasteiger partial charge >= 0.3 is 0 Å². The molecule has 8 heteroatoms. The van der Waals surface area contributed by atoms with Crippen LogP contribution in [0.15, 0.2) is 46.0 Å². The number of piperazine rings is 1. The van der Waals surface area contributed by atoms with E-state index >= 15 is 0 Å². The van der Waals surface area contributed by atoms with Crippen LogP contribution in [0.3, 0.4) is 0 Å². The minimum absolute atomic E-state index is 0.0980. The minimum Gasteiger partial charge on any atom is -0.495 e. The van der Waals surface area contributed by atoms with Crippen molar-refractivity contribution in [2.45, 2.75) is 20.8 Å². The number of nitrogens with zero attached hydrogens (tertiary/aromatic N) is 2. The summed E-state index contributed by atoms with van der Waals surface area (Å²) >= 11 is 6.12. The summed E-state index contributed by atoms with van der Waals surface area (Å²) in [7, 11) is 1.60. The van der Waals surface area contributed by atoms with Gasteiger partial charge < -0.3 is 24.3 Å². The van der Waals surface area contributed by atoms with Crippen molar-refractivity contribution in [3.63, 3.8) is 0 Å². The van der Waals surface area contributed by atoms with E-state index in [9.17, 15) is 4.79 Å². The molecule has 0 atom stereocenters. The smallest absolute Gasteiger partial charge is 0.278 e. The first kappa shape index (κ1) is 22.9. The quantitative estimate of drug-likeness (QED) is 0.641. The first-order valence-corrected chi connectivity index (χ1v) is 10.7. The Kier molecular flexibility index (Phi) is 7.41. The second-order valence-electron chi connectivity index (χ2n) is 7.69. The predicted octanol–water partition coefficient (Wildman–Crippen LogP) is 2.82. The Morgan fingerprint density at radius 2 is 1.90 bits per heavy atom. The first-order chi connectivity index (χ1) is 14.8. The number of hydrogen-bond acceptors (Lipinski definition) is 5. The molecule has 166 valence electrons. The molecule has 1 amide bonds. The lowest BCUT2D eigenvalue weighted by Crippen LogP contribution is -2.84. The summed E-state index contributed by atoms with van der Waals surface area (Å²) in [6, 6.07) is 9.39. The maximum absolute atomic E-state index is 12.7. The third kappa shape index (κ3) is 5.48. The summed E-state index contributed by atoms with van der Waals surface area (Å²) in [6.45, 7) is 8.84. The van der Waals surface area contributed by atoms with E-state index in [1.165, 1.54) is 0 Å². The molecule has 2 heterocycles. The number of methoxy groups -OCH3 is 1. The summed E-state index contributed by atoms with van der Waals surface area (Å²) < 4.78 is 10.8. The van der Waals surface area contributed by atoms with Gasteiger partial charge in [0.2, 0.25) is 0 Å². The van der Waals surface area contributed by atoms with Gasteiger partial charge in [-0.1, -0.05) is 11.6 Å². The average molecular weight is 446 g/mol. The van der Waals surface area contributed by atoms with Crippen LogP contribution in [0.2, 0.25) is 5.02 Å². The van der Waals surface area contributed by atoms with Crippen molar-refractivity contribution in [1.29, 1.82) is 5.41 Å². The molecule has 3 rings (SSSR count). The van der Waals surface area contributed by atoms with Gasteiger partial charge in [-0.3, -0.25) is 10.2 Å². The van der Waals surface area contributed by atoms with E-state index in [1.54, 1.807) is 13.2 Å². The Morgan fingerprint density at radius 3 is 2.52 bits per heavy atom. The molecule has 0 radical (unpaired) electrons. The molecule has 3 N–H and O–H groups in total. The molecule has 1 aliphatic rings. The van der Waals surface area contributed by atoms with Crippen LogP contribution in [-0.2, 0) is 4.79 Å². The van der Waals surface area contributed by atoms with Crippen molar-refractivity contribution in [2.75, 3.05) is 44.7 Å². The number of nitrogens with one attached hydrogen (secondary N) is 1. The van der Waals surface area contributed by atoms with Crippen molar-refractivity contribution in [2.24, 2.45) is 0 Å². The molecule has 0 unspecified atom stereocenters. The monoisotopic (exact) mass is 445 g/mol. The number of hydrogen-bond donors (Lipinski definition) is 2. The van der Waals surface area contributed by atoms with Crippen molar-refractivity contribution in [1.82, 2.24) is 4.90 Å². The van der Waals surface area contributed by atoms with E-state index < -0.39 is 0 Å². The molecule has 1 saturated heterocycles. The fourth-order valence-corrected chi connectivity index (χ4v) is 3.73. The summed E-state index contributed by atoms with van der Waals surface area (Å²) in [6.07, 6.45) is 0. The standard InChI is InChI=1S/C23H29ClN4O3/c1-15-5-8-20(31-15)23(25)16(2)17(3)26-14-22(29)28-11-9-27(10-12-28)18-6-7-19(24)21(13-18)30-4/h5-8,13,25-26H,9-12,14H2,1-4H3/p+1. The van der Waals surface area contributed by atoms with Crippen LogP contribution < -0.4 is 15.0 Å². The van der Waals surface area contributed by atoms with Crippen LogP contribution in [0.5, 0.6) is 5.75 Å². The van der Waals surface area contributed by atoms with Gasteiger partial charge in [-0.15, -0.1) is 0 Å². The van der Waals surface area contributed by atoms with Gasteiger partial charge in [0.15, 0.2) is 12.3 Å². The molecule has 0 spiro atoms. The Balaban J connectivity index is 1.52.